The second-order valence-electron chi connectivity index (χ2n) is 5.63. The van der Waals surface area contributed by atoms with Crippen LogP contribution in [0.5, 0.6) is 11.5 Å². The average Bonchev–Trinajstić information content (AvgIpc) is 3.08. The molecule has 3 rings (SSSR count). The number of nitrogens with one attached hydrogen (secondary N) is 2. The first-order chi connectivity index (χ1) is 10.3. The molecule has 0 radical (unpaired) electrons. The quantitative estimate of drug-likeness (QED) is 0.723. The van der Waals surface area contributed by atoms with Crippen molar-refractivity contribution in [3.63, 3.8) is 0 Å². The zero-order valence-corrected chi connectivity index (χ0v) is 15.4. The highest BCUT2D eigenvalue weighted by molar-refractivity contribution is 14.0. The number of hydrogen-bond acceptors (Lipinski definition) is 3. The molecule has 2 unspecified atom stereocenters. The minimum atomic E-state index is 0. The van der Waals surface area contributed by atoms with Gasteiger partial charge < -0.3 is 20.1 Å². The van der Waals surface area contributed by atoms with Crippen LogP contribution in [-0.4, -0.2) is 38.8 Å². The van der Waals surface area contributed by atoms with Crippen LogP contribution in [0, 0.1) is 0 Å². The first kappa shape index (κ1) is 17.2. The molecule has 0 amide bonds. The van der Waals surface area contributed by atoms with E-state index in [-0.39, 0.29) is 24.0 Å². The zero-order chi connectivity index (χ0) is 14.7. The third kappa shape index (κ3) is 3.97. The van der Waals surface area contributed by atoms with Crippen LogP contribution in [0.4, 0.5) is 0 Å². The number of fused-ring (bicyclic) bond motifs is 1. The summed E-state index contributed by atoms with van der Waals surface area (Å²) in [4.78, 5) is 4.62. The summed E-state index contributed by atoms with van der Waals surface area (Å²) in [7, 11) is 3.34. The van der Waals surface area contributed by atoms with Gasteiger partial charge in [-0.3, -0.25) is 4.99 Å². The lowest BCUT2D eigenvalue weighted by Gasteiger charge is -2.08. The van der Waals surface area contributed by atoms with E-state index in [2.05, 4.69) is 15.6 Å². The van der Waals surface area contributed by atoms with Crippen LogP contribution in [0.1, 0.15) is 24.8 Å². The van der Waals surface area contributed by atoms with Crippen molar-refractivity contribution in [2.75, 3.05) is 20.8 Å². The van der Waals surface area contributed by atoms with Gasteiger partial charge in [0.2, 0.25) is 0 Å². The van der Waals surface area contributed by atoms with Gasteiger partial charge in [-0.1, -0.05) is 0 Å². The molecule has 1 aromatic carbocycles. The molecule has 0 aromatic heterocycles. The zero-order valence-electron chi connectivity index (χ0n) is 13.1. The molecule has 1 saturated carbocycles. The van der Waals surface area contributed by atoms with Crippen molar-refractivity contribution >= 4 is 29.9 Å². The Balaban J connectivity index is 0.00000176. The summed E-state index contributed by atoms with van der Waals surface area (Å²) in [6.07, 6.45) is 4.69. The van der Waals surface area contributed by atoms with Crippen LogP contribution in [0.15, 0.2) is 23.2 Å². The van der Waals surface area contributed by atoms with Crippen LogP contribution in [0.2, 0.25) is 0 Å². The predicted molar refractivity (Wildman–Crippen MR) is 98.7 cm³/mol. The van der Waals surface area contributed by atoms with Crippen molar-refractivity contribution in [2.45, 2.75) is 37.8 Å². The van der Waals surface area contributed by atoms with Crippen LogP contribution >= 0.6 is 24.0 Å². The number of methoxy groups -OCH3 is 2. The Morgan fingerprint density at radius 3 is 2.18 bits per heavy atom. The molecule has 22 heavy (non-hydrogen) atoms. The van der Waals surface area contributed by atoms with E-state index < -0.39 is 0 Å². The highest BCUT2D eigenvalue weighted by Gasteiger charge is 2.33. The molecule has 0 spiro atoms. The molecular weight excluding hydrogens is 393 g/mol. The van der Waals surface area contributed by atoms with E-state index in [1.165, 1.54) is 24.8 Å². The van der Waals surface area contributed by atoms with Crippen LogP contribution < -0.4 is 20.1 Å². The van der Waals surface area contributed by atoms with Gasteiger partial charge in [0, 0.05) is 24.7 Å². The van der Waals surface area contributed by atoms with Gasteiger partial charge in [0.05, 0.1) is 14.2 Å². The fraction of sp³-hybridized carbons (Fsp3) is 0.562. The molecular formula is C16H24IN3O2. The maximum Gasteiger partial charge on any atom is 0.191 e. The summed E-state index contributed by atoms with van der Waals surface area (Å²) in [5.41, 5.74) is 1.17. The molecule has 122 valence electrons. The number of ether oxygens (including phenoxy) is 2. The van der Waals surface area contributed by atoms with Crippen molar-refractivity contribution in [2.24, 2.45) is 4.99 Å². The summed E-state index contributed by atoms with van der Waals surface area (Å²) < 4.78 is 10.6. The third-order valence-electron chi connectivity index (χ3n) is 4.24. The van der Waals surface area contributed by atoms with E-state index in [0.29, 0.717) is 12.1 Å². The Morgan fingerprint density at radius 1 is 1.05 bits per heavy atom. The Bertz CT molecular complexity index is 500. The van der Waals surface area contributed by atoms with E-state index in [9.17, 15) is 0 Å². The molecule has 0 bridgehead atoms. The number of benzene rings is 1. The molecule has 5 nitrogen and oxygen atoms in total. The molecule has 1 aromatic rings. The van der Waals surface area contributed by atoms with E-state index >= 15 is 0 Å². The van der Waals surface area contributed by atoms with Gasteiger partial charge >= 0.3 is 0 Å². The monoisotopic (exact) mass is 417 g/mol. The molecule has 2 N–H and O–H groups in total. The normalized spacial score (nSPS) is 22.2. The molecule has 1 aliphatic heterocycles. The van der Waals surface area contributed by atoms with Gasteiger partial charge in [0.25, 0.3) is 0 Å². The predicted octanol–water partition coefficient (Wildman–Crippen LogP) is 2.33. The fourth-order valence-corrected chi connectivity index (χ4v) is 3.10. The van der Waals surface area contributed by atoms with Crippen LogP contribution in [0.3, 0.4) is 0 Å². The van der Waals surface area contributed by atoms with Crippen molar-refractivity contribution in [3.05, 3.63) is 23.8 Å². The summed E-state index contributed by atoms with van der Waals surface area (Å²) in [6, 6.07) is 7.12. The maximum absolute atomic E-state index is 5.29. The van der Waals surface area contributed by atoms with Gasteiger partial charge in [-0.2, -0.15) is 0 Å². The molecule has 2 aliphatic rings. The Morgan fingerprint density at radius 2 is 1.64 bits per heavy atom. The summed E-state index contributed by atoms with van der Waals surface area (Å²) >= 11 is 0. The van der Waals surface area contributed by atoms with Gasteiger partial charge in [-0.25, -0.2) is 0 Å². The minimum Gasteiger partial charge on any atom is -0.497 e. The Hall–Kier alpha value is -1.18. The third-order valence-corrected chi connectivity index (χ3v) is 4.24. The largest absolute Gasteiger partial charge is 0.497 e. The number of aliphatic imine (C=N–C) groups is 1. The lowest BCUT2D eigenvalue weighted by molar-refractivity contribution is 0.393. The average molecular weight is 417 g/mol. The maximum atomic E-state index is 5.29. The fourth-order valence-electron chi connectivity index (χ4n) is 3.10. The molecule has 1 heterocycles. The van der Waals surface area contributed by atoms with Crippen LogP contribution in [-0.2, 0) is 6.42 Å². The molecule has 1 saturated heterocycles. The van der Waals surface area contributed by atoms with Crippen molar-refractivity contribution < 1.29 is 9.47 Å². The minimum absolute atomic E-state index is 0. The van der Waals surface area contributed by atoms with Gasteiger partial charge in [0.1, 0.15) is 11.5 Å². The first-order valence-electron chi connectivity index (χ1n) is 7.58. The molecule has 2 fully saturated rings. The highest BCUT2D eigenvalue weighted by Crippen LogP contribution is 2.23. The second kappa shape index (κ2) is 7.89. The number of rotatable bonds is 5. The Kier molecular flexibility index (Phi) is 6.16. The van der Waals surface area contributed by atoms with Gasteiger partial charge in [-0.15, -0.1) is 24.0 Å². The standard InChI is InChI=1S/C16H23N3O2.HI/c1-20-12-8-11(9-13(10-12)21-2)6-7-17-16-18-14-4-3-5-15(14)19-16;/h8-10,14-15H,3-7H2,1-2H3,(H2,17,18,19);1H. The number of halogens is 1. The number of guanidine groups is 1. The van der Waals surface area contributed by atoms with Crippen molar-refractivity contribution in [3.8, 4) is 11.5 Å². The molecule has 6 heteroatoms. The molecule has 1 aliphatic carbocycles. The number of hydrogen-bond donors (Lipinski definition) is 2. The number of nitrogens with zero attached hydrogens (tertiary/aromatic N) is 1. The smallest absolute Gasteiger partial charge is 0.191 e. The topological polar surface area (TPSA) is 54.9 Å². The van der Waals surface area contributed by atoms with E-state index in [1.807, 2.05) is 18.2 Å². The first-order valence-corrected chi connectivity index (χ1v) is 7.58. The van der Waals surface area contributed by atoms with Gasteiger partial charge in [0.15, 0.2) is 5.96 Å². The Labute approximate surface area is 148 Å². The van der Waals surface area contributed by atoms with E-state index in [0.717, 1.165) is 30.4 Å². The van der Waals surface area contributed by atoms with Crippen LogP contribution in [0.25, 0.3) is 0 Å². The van der Waals surface area contributed by atoms with Crippen molar-refractivity contribution in [1.29, 1.82) is 0 Å². The summed E-state index contributed by atoms with van der Waals surface area (Å²) in [5.74, 6) is 2.60. The van der Waals surface area contributed by atoms with Gasteiger partial charge in [-0.05, 0) is 43.4 Å². The van der Waals surface area contributed by atoms with E-state index in [1.54, 1.807) is 14.2 Å². The summed E-state index contributed by atoms with van der Waals surface area (Å²) in [5, 5.41) is 6.95. The van der Waals surface area contributed by atoms with Crippen molar-refractivity contribution in [1.82, 2.24) is 10.6 Å². The summed E-state index contributed by atoms with van der Waals surface area (Å²) in [6.45, 7) is 0.755. The second-order valence-corrected chi connectivity index (χ2v) is 5.63. The molecule has 2 atom stereocenters. The highest BCUT2D eigenvalue weighted by atomic mass is 127. The SMILES string of the molecule is COc1cc(CCN=C2NC3CCCC3N2)cc(OC)c1.I. The lowest BCUT2D eigenvalue weighted by atomic mass is 10.1. The lowest BCUT2D eigenvalue weighted by Crippen LogP contribution is -2.28. The van der Waals surface area contributed by atoms with E-state index in [4.69, 9.17) is 9.47 Å².